The fourth-order valence-electron chi connectivity index (χ4n) is 3.36. The second-order valence-electron chi connectivity index (χ2n) is 6.69. The molecular weight excluding hydrogens is 302 g/mol. The SMILES string of the molecule is CCOc1cccc(CN2CCc3c(nc(C4CC4)[nH]c3=O)C2)c1. The highest BCUT2D eigenvalue weighted by Gasteiger charge is 2.29. The first kappa shape index (κ1) is 15.4. The Morgan fingerprint density at radius 1 is 1.38 bits per heavy atom. The lowest BCUT2D eigenvalue weighted by molar-refractivity contribution is 0.239. The van der Waals surface area contributed by atoms with E-state index in [1.165, 1.54) is 5.56 Å². The first-order chi connectivity index (χ1) is 11.7. The third-order valence-electron chi connectivity index (χ3n) is 4.75. The number of nitrogens with zero attached hydrogens (tertiary/aromatic N) is 2. The van der Waals surface area contributed by atoms with Crippen LogP contribution >= 0.6 is 0 Å². The second-order valence-corrected chi connectivity index (χ2v) is 6.69. The molecule has 0 saturated heterocycles. The molecular formula is C19H23N3O2. The minimum Gasteiger partial charge on any atom is -0.494 e. The molecule has 5 heteroatoms. The van der Waals surface area contributed by atoms with E-state index in [1.54, 1.807) is 0 Å². The molecule has 1 fully saturated rings. The van der Waals surface area contributed by atoms with Crippen molar-refractivity contribution in [3.8, 4) is 5.75 Å². The summed E-state index contributed by atoms with van der Waals surface area (Å²) in [6, 6.07) is 8.24. The molecule has 0 radical (unpaired) electrons. The number of rotatable bonds is 5. The highest BCUT2D eigenvalue weighted by Crippen LogP contribution is 2.37. The third kappa shape index (κ3) is 3.22. The van der Waals surface area contributed by atoms with Crippen LogP contribution in [0.25, 0.3) is 0 Å². The molecule has 0 spiro atoms. The standard InChI is InChI=1S/C19H23N3O2/c1-2-24-15-5-3-4-13(10-15)11-22-9-8-16-17(12-22)20-18(14-6-7-14)21-19(16)23/h3-5,10,14H,2,6-9,11-12H2,1H3,(H,20,21,23). The van der Waals surface area contributed by atoms with Gasteiger partial charge in [-0.1, -0.05) is 12.1 Å². The number of aromatic nitrogens is 2. The Labute approximate surface area is 141 Å². The van der Waals surface area contributed by atoms with Crippen LogP contribution in [-0.2, 0) is 19.5 Å². The van der Waals surface area contributed by atoms with Gasteiger partial charge in [-0.3, -0.25) is 9.69 Å². The van der Waals surface area contributed by atoms with Gasteiger partial charge in [-0.2, -0.15) is 0 Å². The number of hydrogen-bond donors (Lipinski definition) is 1. The number of H-pyrrole nitrogens is 1. The van der Waals surface area contributed by atoms with Crippen molar-refractivity contribution >= 4 is 0 Å². The molecule has 1 aliphatic carbocycles. The predicted octanol–water partition coefficient (Wildman–Crippen LogP) is 2.60. The summed E-state index contributed by atoms with van der Waals surface area (Å²) >= 11 is 0. The van der Waals surface area contributed by atoms with Crippen molar-refractivity contribution in [1.82, 2.24) is 14.9 Å². The van der Waals surface area contributed by atoms with Gasteiger partial charge in [-0.25, -0.2) is 4.98 Å². The lowest BCUT2D eigenvalue weighted by Gasteiger charge is -2.27. The van der Waals surface area contributed by atoms with Crippen molar-refractivity contribution in [2.24, 2.45) is 0 Å². The molecule has 2 aromatic rings. The number of hydrogen-bond acceptors (Lipinski definition) is 4. The molecule has 24 heavy (non-hydrogen) atoms. The van der Waals surface area contributed by atoms with Crippen LogP contribution in [0.3, 0.4) is 0 Å². The summed E-state index contributed by atoms with van der Waals surface area (Å²) in [6.07, 6.45) is 3.07. The molecule has 126 valence electrons. The lowest BCUT2D eigenvalue weighted by Crippen LogP contribution is -2.35. The Bertz CT molecular complexity index is 795. The van der Waals surface area contributed by atoms with Gasteiger partial charge in [0.15, 0.2) is 0 Å². The molecule has 5 nitrogen and oxygen atoms in total. The molecule has 1 aromatic heterocycles. The smallest absolute Gasteiger partial charge is 0.254 e. The zero-order chi connectivity index (χ0) is 16.5. The number of aromatic amines is 1. The minimum atomic E-state index is 0.0693. The van der Waals surface area contributed by atoms with Crippen LogP contribution in [0.1, 0.15) is 48.3 Å². The van der Waals surface area contributed by atoms with E-state index >= 15 is 0 Å². The summed E-state index contributed by atoms with van der Waals surface area (Å²) in [7, 11) is 0. The normalized spacial score (nSPS) is 17.5. The van der Waals surface area contributed by atoms with Gasteiger partial charge in [0, 0.05) is 31.1 Å². The van der Waals surface area contributed by atoms with E-state index in [0.717, 1.165) is 61.7 Å². The van der Waals surface area contributed by atoms with Gasteiger partial charge in [0.2, 0.25) is 0 Å². The molecule has 0 amide bonds. The highest BCUT2D eigenvalue weighted by atomic mass is 16.5. The van der Waals surface area contributed by atoms with Gasteiger partial charge in [0.25, 0.3) is 5.56 Å². The minimum absolute atomic E-state index is 0.0693. The van der Waals surface area contributed by atoms with Crippen molar-refractivity contribution < 1.29 is 4.74 Å². The average Bonchev–Trinajstić information content (AvgIpc) is 3.40. The summed E-state index contributed by atoms with van der Waals surface area (Å²) in [5, 5.41) is 0. The van der Waals surface area contributed by atoms with E-state index in [4.69, 9.17) is 9.72 Å². The number of ether oxygens (including phenoxy) is 1. The molecule has 0 bridgehead atoms. The molecule has 0 atom stereocenters. The molecule has 2 heterocycles. The zero-order valence-electron chi connectivity index (χ0n) is 14.0. The van der Waals surface area contributed by atoms with Crippen LogP contribution < -0.4 is 10.3 Å². The van der Waals surface area contributed by atoms with Crippen LogP contribution in [0.15, 0.2) is 29.1 Å². The fourth-order valence-corrected chi connectivity index (χ4v) is 3.36. The molecule has 1 saturated carbocycles. The third-order valence-corrected chi connectivity index (χ3v) is 4.75. The van der Waals surface area contributed by atoms with E-state index in [2.05, 4.69) is 22.0 Å². The molecule has 1 aromatic carbocycles. The Kier molecular flexibility index (Phi) is 4.10. The van der Waals surface area contributed by atoms with Crippen molar-refractivity contribution in [2.75, 3.05) is 13.2 Å². The maximum Gasteiger partial charge on any atom is 0.254 e. The van der Waals surface area contributed by atoms with Crippen molar-refractivity contribution in [1.29, 1.82) is 0 Å². The predicted molar refractivity (Wildman–Crippen MR) is 92.3 cm³/mol. The summed E-state index contributed by atoms with van der Waals surface area (Å²) in [4.78, 5) is 22.4. The fraction of sp³-hybridized carbons (Fsp3) is 0.474. The van der Waals surface area contributed by atoms with E-state index in [0.29, 0.717) is 12.5 Å². The van der Waals surface area contributed by atoms with Crippen molar-refractivity contribution in [3.05, 3.63) is 57.3 Å². The van der Waals surface area contributed by atoms with Gasteiger partial charge in [-0.05, 0) is 43.9 Å². The Morgan fingerprint density at radius 3 is 3.04 bits per heavy atom. The lowest BCUT2D eigenvalue weighted by atomic mass is 10.1. The van der Waals surface area contributed by atoms with Crippen LogP contribution in [-0.4, -0.2) is 28.0 Å². The van der Waals surface area contributed by atoms with Crippen LogP contribution in [0.5, 0.6) is 5.75 Å². The van der Waals surface area contributed by atoms with E-state index in [1.807, 2.05) is 19.1 Å². The first-order valence-corrected chi connectivity index (χ1v) is 8.79. The monoisotopic (exact) mass is 325 g/mol. The Morgan fingerprint density at radius 2 is 2.25 bits per heavy atom. The van der Waals surface area contributed by atoms with Gasteiger partial charge in [0.05, 0.1) is 12.3 Å². The Hall–Kier alpha value is -2.14. The molecule has 1 N–H and O–H groups in total. The summed E-state index contributed by atoms with van der Waals surface area (Å²) < 4.78 is 5.58. The van der Waals surface area contributed by atoms with E-state index < -0.39 is 0 Å². The molecule has 4 rings (SSSR count). The summed E-state index contributed by atoms with van der Waals surface area (Å²) in [6.45, 7) is 5.16. The van der Waals surface area contributed by atoms with Gasteiger partial charge in [0.1, 0.15) is 11.6 Å². The topological polar surface area (TPSA) is 58.2 Å². The van der Waals surface area contributed by atoms with Crippen LogP contribution in [0.4, 0.5) is 0 Å². The summed E-state index contributed by atoms with van der Waals surface area (Å²) in [5.74, 6) is 2.28. The Balaban J connectivity index is 1.51. The number of nitrogens with one attached hydrogen (secondary N) is 1. The molecule has 0 unspecified atom stereocenters. The van der Waals surface area contributed by atoms with Crippen LogP contribution in [0, 0.1) is 0 Å². The largest absolute Gasteiger partial charge is 0.494 e. The highest BCUT2D eigenvalue weighted by molar-refractivity contribution is 5.29. The van der Waals surface area contributed by atoms with Crippen molar-refractivity contribution in [3.63, 3.8) is 0 Å². The zero-order valence-corrected chi connectivity index (χ0v) is 14.0. The quantitative estimate of drug-likeness (QED) is 0.918. The van der Waals surface area contributed by atoms with Gasteiger partial charge >= 0.3 is 0 Å². The maximum absolute atomic E-state index is 12.3. The molecule has 2 aliphatic rings. The summed E-state index contributed by atoms with van der Waals surface area (Å²) in [5.41, 5.74) is 3.14. The van der Waals surface area contributed by atoms with Gasteiger partial charge < -0.3 is 9.72 Å². The van der Waals surface area contributed by atoms with Crippen molar-refractivity contribution in [2.45, 2.75) is 45.2 Å². The van der Waals surface area contributed by atoms with Gasteiger partial charge in [-0.15, -0.1) is 0 Å². The average molecular weight is 325 g/mol. The second kappa shape index (κ2) is 6.40. The van der Waals surface area contributed by atoms with E-state index in [-0.39, 0.29) is 5.56 Å². The van der Waals surface area contributed by atoms with E-state index in [9.17, 15) is 4.79 Å². The molecule has 1 aliphatic heterocycles. The number of fused-ring (bicyclic) bond motifs is 1. The maximum atomic E-state index is 12.3. The first-order valence-electron chi connectivity index (χ1n) is 8.79. The van der Waals surface area contributed by atoms with Crippen LogP contribution in [0.2, 0.25) is 0 Å². The number of benzene rings is 1.